The average molecular weight is 571 g/mol. The van der Waals surface area contributed by atoms with E-state index < -0.39 is 0 Å². The molecule has 0 bridgehead atoms. The number of rotatable bonds is 4. The largest absolute Gasteiger partial charge is 0.455 e. The topological polar surface area (TPSA) is 56.7 Å². The maximum absolute atomic E-state index is 8.94. The van der Waals surface area contributed by atoms with Gasteiger partial charge < -0.3 is 8.98 Å². The molecular weight excluding hydrogens is 540 g/mol. The van der Waals surface area contributed by atoms with Crippen LogP contribution in [0.1, 0.15) is 8.22 Å². The molecule has 0 N–H and O–H groups in total. The fraction of sp³-hybridized carbons (Fsp3) is 0. The lowest BCUT2D eigenvalue weighted by Crippen LogP contribution is -2.00. The molecular formula is C39H24N4O. The van der Waals surface area contributed by atoms with E-state index in [2.05, 4.69) is 0 Å². The van der Waals surface area contributed by atoms with Crippen molar-refractivity contribution < 1.29 is 12.6 Å². The molecule has 0 saturated carbocycles. The number of aromatic nitrogens is 4. The summed E-state index contributed by atoms with van der Waals surface area (Å²) in [5.41, 5.74) is 4.51. The molecule has 9 aromatic rings. The maximum Gasteiger partial charge on any atom is 0.167 e. The number of para-hydroxylation sites is 3. The Hall–Kier alpha value is -6.07. The van der Waals surface area contributed by atoms with Gasteiger partial charge in [-0.05, 0) is 30.3 Å². The first-order valence-corrected chi connectivity index (χ1v) is 14.1. The van der Waals surface area contributed by atoms with Crippen LogP contribution >= 0.6 is 0 Å². The number of fused-ring (bicyclic) bond motifs is 6. The zero-order valence-electron chi connectivity index (χ0n) is 29.1. The predicted octanol–water partition coefficient (Wildman–Crippen LogP) is 9.87. The summed E-state index contributed by atoms with van der Waals surface area (Å²) in [7, 11) is 0. The third kappa shape index (κ3) is 3.76. The maximum atomic E-state index is 8.94. The van der Waals surface area contributed by atoms with Crippen LogP contribution in [0.5, 0.6) is 0 Å². The van der Waals surface area contributed by atoms with Crippen molar-refractivity contribution in [3.05, 3.63) is 145 Å². The van der Waals surface area contributed by atoms with Gasteiger partial charge >= 0.3 is 0 Å². The monoisotopic (exact) mass is 570 g/mol. The molecule has 0 spiro atoms. The number of nitrogens with zero attached hydrogens (tertiary/aromatic N) is 4. The fourth-order valence-corrected chi connectivity index (χ4v) is 5.88. The van der Waals surface area contributed by atoms with Crippen molar-refractivity contribution in [1.82, 2.24) is 19.5 Å². The molecule has 3 heterocycles. The summed E-state index contributed by atoms with van der Waals surface area (Å²) in [5, 5.41) is 1.81. The summed E-state index contributed by atoms with van der Waals surface area (Å²) in [6.45, 7) is 0. The van der Waals surface area contributed by atoms with Gasteiger partial charge in [0.1, 0.15) is 11.2 Å². The Morgan fingerprint density at radius 2 is 1.11 bits per heavy atom. The Labute approximate surface area is 261 Å². The quantitative estimate of drug-likeness (QED) is 0.211. The van der Waals surface area contributed by atoms with Crippen molar-refractivity contribution >= 4 is 43.7 Å². The molecule has 3 aromatic heterocycles. The molecule has 206 valence electrons. The summed E-state index contributed by atoms with van der Waals surface area (Å²) < 4.78 is 60.5. The van der Waals surface area contributed by atoms with Gasteiger partial charge in [-0.2, -0.15) is 0 Å². The van der Waals surface area contributed by atoms with Gasteiger partial charge in [-0.15, -0.1) is 0 Å². The van der Waals surface area contributed by atoms with Crippen molar-refractivity contribution in [3.8, 4) is 39.9 Å². The minimum Gasteiger partial charge on any atom is -0.455 e. The highest BCUT2D eigenvalue weighted by Gasteiger charge is 2.21. The van der Waals surface area contributed by atoms with Crippen molar-refractivity contribution in [2.75, 3.05) is 0 Å². The Kier molecular flexibility index (Phi) is 4.25. The molecule has 0 aliphatic heterocycles. The van der Waals surface area contributed by atoms with Gasteiger partial charge in [0.15, 0.2) is 17.5 Å². The molecule has 0 amide bonds. The Bertz CT molecular complexity index is 2700. The van der Waals surface area contributed by atoms with Gasteiger partial charge in [-0.3, -0.25) is 0 Å². The van der Waals surface area contributed by atoms with Crippen LogP contribution in [-0.2, 0) is 0 Å². The number of hydrogen-bond donors (Lipinski definition) is 0. The first kappa shape index (κ1) is 19.2. The van der Waals surface area contributed by atoms with E-state index in [0.717, 1.165) is 16.5 Å². The van der Waals surface area contributed by atoms with Crippen LogP contribution in [0.25, 0.3) is 83.6 Å². The smallest absolute Gasteiger partial charge is 0.167 e. The Morgan fingerprint density at radius 3 is 1.75 bits per heavy atom. The minimum absolute atomic E-state index is 0.0277. The van der Waals surface area contributed by atoms with E-state index in [9.17, 15) is 0 Å². The summed E-state index contributed by atoms with van der Waals surface area (Å²) in [6, 6.07) is 32.5. The van der Waals surface area contributed by atoms with E-state index in [1.807, 2.05) is 97.1 Å². The van der Waals surface area contributed by atoms with Crippen LogP contribution in [0.15, 0.2) is 150 Å². The van der Waals surface area contributed by atoms with Crippen LogP contribution in [0.2, 0.25) is 0 Å². The lowest BCUT2D eigenvalue weighted by Gasteiger charge is -2.10. The zero-order chi connectivity index (χ0) is 34.3. The van der Waals surface area contributed by atoms with Crippen molar-refractivity contribution in [1.29, 1.82) is 0 Å². The molecule has 9 rings (SSSR count). The molecule has 5 nitrogen and oxygen atoms in total. The minimum atomic E-state index is -0.165. The van der Waals surface area contributed by atoms with Gasteiger partial charge in [0.25, 0.3) is 0 Å². The normalized spacial score (nSPS) is 13.5. The van der Waals surface area contributed by atoms with Gasteiger partial charge in [-0.25, -0.2) is 15.0 Å². The number of hydrogen-bond acceptors (Lipinski definition) is 4. The molecule has 0 unspecified atom stereocenters. The molecule has 0 saturated heterocycles. The predicted molar refractivity (Wildman–Crippen MR) is 178 cm³/mol. The van der Waals surface area contributed by atoms with E-state index in [1.54, 1.807) is 4.57 Å². The first-order valence-electron chi connectivity index (χ1n) is 17.1. The van der Waals surface area contributed by atoms with Gasteiger partial charge in [0.2, 0.25) is 0 Å². The SMILES string of the molecule is [2H]c1cc([2H])c2c(c1[2H])c1c([2H])c([2H])cc([2H])c1n2-c1cccc2oc3c(-c4nc(-c5ccccc5)nc(-c5ccccc5)n4)cccc3c12. The van der Waals surface area contributed by atoms with E-state index in [0.29, 0.717) is 45.3 Å². The lowest BCUT2D eigenvalue weighted by atomic mass is 10.1. The molecule has 5 heteroatoms. The highest BCUT2D eigenvalue weighted by molar-refractivity contribution is 6.16. The third-order valence-corrected chi connectivity index (χ3v) is 7.81. The van der Waals surface area contributed by atoms with Crippen molar-refractivity contribution in [3.63, 3.8) is 0 Å². The van der Waals surface area contributed by atoms with Crippen molar-refractivity contribution in [2.24, 2.45) is 0 Å². The molecule has 0 radical (unpaired) electrons. The lowest BCUT2D eigenvalue weighted by molar-refractivity contribution is 0.669. The van der Waals surface area contributed by atoms with Crippen LogP contribution in [0, 0.1) is 0 Å². The summed E-state index contributed by atoms with van der Waals surface area (Å²) in [6.07, 6.45) is 0. The van der Waals surface area contributed by atoms with Crippen LogP contribution in [-0.4, -0.2) is 19.5 Å². The third-order valence-electron chi connectivity index (χ3n) is 7.81. The summed E-state index contributed by atoms with van der Waals surface area (Å²) >= 11 is 0. The zero-order valence-corrected chi connectivity index (χ0v) is 23.1. The van der Waals surface area contributed by atoms with Crippen LogP contribution in [0.3, 0.4) is 0 Å². The van der Waals surface area contributed by atoms with E-state index >= 15 is 0 Å². The van der Waals surface area contributed by atoms with Crippen LogP contribution < -0.4 is 0 Å². The standard InChI is InChI=1S/C39H24N4O/c1-3-13-25(14-4-1)37-40-38(26-15-5-2-6-16-26)42-39(41-37)30-20-11-19-29-35-33(23-12-24-34(35)44-36(29)30)43-31-21-9-7-17-27(31)28-18-8-10-22-32(28)43/h1-24H/i7D,8D,17D,18D,21D,22D. The van der Waals surface area contributed by atoms with Gasteiger partial charge in [0.05, 0.1) is 35.9 Å². The molecule has 0 fully saturated rings. The molecule has 0 aliphatic rings. The summed E-state index contributed by atoms with van der Waals surface area (Å²) in [4.78, 5) is 14.7. The van der Waals surface area contributed by atoms with E-state index in [4.69, 9.17) is 27.6 Å². The molecule has 0 atom stereocenters. The molecule has 6 aromatic carbocycles. The fourth-order valence-electron chi connectivity index (χ4n) is 5.88. The van der Waals surface area contributed by atoms with E-state index in [-0.39, 0.29) is 58.1 Å². The van der Waals surface area contributed by atoms with Crippen molar-refractivity contribution in [2.45, 2.75) is 0 Å². The van der Waals surface area contributed by atoms with E-state index in [1.165, 1.54) is 12.1 Å². The highest BCUT2D eigenvalue weighted by Crippen LogP contribution is 2.41. The second kappa shape index (κ2) is 9.75. The second-order valence-corrected chi connectivity index (χ2v) is 10.4. The van der Waals surface area contributed by atoms with Gasteiger partial charge in [-0.1, -0.05) is 115 Å². The van der Waals surface area contributed by atoms with Crippen LogP contribution in [0.4, 0.5) is 0 Å². The second-order valence-electron chi connectivity index (χ2n) is 10.4. The molecule has 0 aliphatic carbocycles. The van der Waals surface area contributed by atoms with Gasteiger partial charge in [0, 0.05) is 27.3 Å². The number of benzene rings is 6. The average Bonchev–Trinajstić information content (AvgIpc) is 3.71. The highest BCUT2D eigenvalue weighted by atomic mass is 16.3. The molecule has 44 heavy (non-hydrogen) atoms. The Morgan fingerprint density at radius 1 is 0.523 bits per heavy atom. The summed E-state index contributed by atoms with van der Waals surface area (Å²) in [5.74, 6) is 1.45. The number of furan rings is 1. The first-order chi connectivity index (χ1) is 24.3. The Balaban J connectivity index is 1.36.